The zero-order valence-corrected chi connectivity index (χ0v) is 25.9. The van der Waals surface area contributed by atoms with E-state index in [1.807, 2.05) is 0 Å². The van der Waals surface area contributed by atoms with E-state index in [0.29, 0.717) is 31.7 Å². The van der Waals surface area contributed by atoms with Gasteiger partial charge in [-0.15, -0.1) is 0 Å². The third-order valence-electron chi connectivity index (χ3n) is 7.05. The highest BCUT2D eigenvalue weighted by molar-refractivity contribution is 7.99. The monoisotopic (exact) mass is 554 g/mol. The number of hydrogen-bond donors (Lipinski definition) is 1. The molecule has 0 saturated heterocycles. The average Bonchev–Trinajstić information content (AvgIpc) is 2.88. The molecule has 1 rings (SSSR count). The first kappa shape index (κ1) is 35.1. The maximum atomic E-state index is 8.81. The average molecular weight is 555 g/mol. The van der Waals surface area contributed by atoms with E-state index in [-0.39, 0.29) is 12.7 Å². The lowest BCUT2D eigenvalue weighted by Crippen LogP contribution is -2.27. The third kappa shape index (κ3) is 21.0. The van der Waals surface area contributed by atoms with E-state index in [2.05, 4.69) is 44.6 Å². The van der Waals surface area contributed by atoms with Crippen LogP contribution in [0.1, 0.15) is 98.8 Å². The Morgan fingerprint density at radius 3 is 1.89 bits per heavy atom. The molecule has 0 aliphatic heterocycles. The summed E-state index contributed by atoms with van der Waals surface area (Å²) in [4.78, 5) is 8.37. The van der Waals surface area contributed by atoms with E-state index in [1.54, 1.807) is 30.2 Å². The van der Waals surface area contributed by atoms with Crippen molar-refractivity contribution < 1.29 is 19.3 Å². The number of aliphatic hydroxyl groups excluding tert-OH is 1. The Labute approximate surface area is 238 Å². The van der Waals surface area contributed by atoms with Gasteiger partial charge in [0.05, 0.1) is 26.4 Å². The number of hydrogen-bond acceptors (Lipinski definition) is 7. The van der Waals surface area contributed by atoms with Gasteiger partial charge in [-0.05, 0) is 36.2 Å². The third-order valence-corrected chi connectivity index (χ3v) is 8.11. The number of aromatic nitrogens is 2. The van der Waals surface area contributed by atoms with Crippen LogP contribution in [0.25, 0.3) is 0 Å². The van der Waals surface area contributed by atoms with Crippen molar-refractivity contribution in [1.29, 1.82) is 0 Å². The predicted molar refractivity (Wildman–Crippen MR) is 161 cm³/mol. The second kappa shape index (κ2) is 24.0. The Kier molecular flexibility index (Phi) is 22.1. The minimum absolute atomic E-state index is 0.0607. The Bertz CT molecular complexity index is 638. The zero-order valence-electron chi connectivity index (χ0n) is 25.1. The van der Waals surface area contributed by atoms with Crippen molar-refractivity contribution in [3.63, 3.8) is 0 Å². The molecule has 0 fully saturated rings. The summed E-state index contributed by atoms with van der Waals surface area (Å²) in [5, 5.41) is 8.81. The van der Waals surface area contributed by atoms with E-state index >= 15 is 0 Å². The molecule has 0 aliphatic carbocycles. The highest BCUT2D eigenvalue weighted by Gasteiger charge is 2.14. The molecule has 4 atom stereocenters. The van der Waals surface area contributed by atoms with Crippen LogP contribution in [0, 0.1) is 23.7 Å². The molecule has 0 bridgehead atoms. The number of rotatable bonds is 26. The smallest absolute Gasteiger partial charge is 0.316 e. The van der Waals surface area contributed by atoms with Crippen LogP contribution in [0.4, 0.5) is 0 Å². The minimum atomic E-state index is -0.102. The fourth-order valence-electron chi connectivity index (χ4n) is 4.55. The lowest BCUT2D eigenvalue weighted by atomic mass is 9.91. The second-order valence-electron chi connectivity index (χ2n) is 11.5. The SMILES string of the molecule is CC(C)CCCC(C)CCCC(C)CCCC(C)CCOCC(CSCCOCCO)Oc1ncccn1. The number of aliphatic hydroxyl groups is 1. The zero-order chi connectivity index (χ0) is 27.8. The maximum absolute atomic E-state index is 8.81. The number of nitrogens with zero attached hydrogens (tertiary/aromatic N) is 2. The Balaban J connectivity index is 2.15. The topological polar surface area (TPSA) is 73.7 Å². The normalized spacial score (nSPS) is 14.9. The maximum Gasteiger partial charge on any atom is 0.316 e. The van der Waals surface area contributed by atoms with Crippen molar-refractivity contribution in [2.45, 2.75) is 105 Å². The quantitative estimate of drug-likeness (QED) is 0.119. The molecule has 1 aromatic rings. The molecule has 1 aromatic heterocycles. The van der Waals surface area contributed by atoms with E-state index in [4.69, 9.17) is 19.3 Å². The molecule has 0 saturated carbocycles. The molecule has 0 radical (unpaired) electrons. The molecule has 38 heavy (non-hydrogen) atoms. The molecular formula is C31H58N2O4S. The fraction of sp³-hybridized carbons (Fsp3) is 0.871. The van der Waals surface area contributed by atoms with Gasteiger partial charge < -0.3 is 19.3 Å². The Morgan fingerprint density at radius 2 is 1.32 bits per heavy atom. The van der Waals surface area contributed by atoms with Crippen LogP contribution >= 0.6 is 11.8 Å². The molecule has 1 N–H and O–H groups in total. The summed E-state index contributed by atoms with van der Waals surface area (Å²) >= 11 is 1.75. The van der Waals surface area contributed by atoms with Gasteiger partial charge in [0.25, 0.3) is 0 Å². The van der Waals surface area contributed by atoms with Crippen molar-refractivity contribution in [2.75, 3.05) is 44.5 Å². The largest absolute Gasteiger partial charge is 0.457 e. The molecule has 4 unspecified atom stereocenters. The van der Waals surface area contributed by atoms with Gasteiger partial charge in [0.2, 0.25) is 0 Å². The first-order chi connectivity index (χ1) is 18.4. The molecule has 1 heterocycles. The molecule has 0 amide bonds. The number of thioether (sulfide) groups is 1. The number of ether oxygens (including phenoxy) is 3. The Hall–Kier alpha value is -0.890. The van der Waals surface area contributed by atoms with Gasteiger partial charge >= 0.3 is 6.01 Å². The van der Waals surface area contributed by atoms with Gasteiger partial charge in [0, 0.05) is 30.5 Å². The van der Waals surface area contributed by atoms with E-state index < -0.39 is 0 Å². The summed E-state index contributed by atoms with van der Waals surface area (Å²) in [5.74, 6) is 4.88. The summed E-state index contributed by atoms with van der Waals surface area (Å²) in [5.41, 5.74) is 0. The highest BCUT2D eigenvalue weighted by Crippen LogP contribution is 2.22. The van der Waals surface area contributed by atoms with Crippen LogP contribution in [-0.4, -0.2) is 65.7 Å². The molecule has 0 aromatic carbocycles. The van der Waals surface area contributed by atoms with Gasteiger partial charge in [0.15, 0.2) is 0 Å². The lowest BCUT2D eigenvalue weighted by Gasteiger charge is -2.19. The first-order valence-electron chi connectivity index (χ1n) is 15.2. The van der Waals surface area contributed by atoms with Gasteiger partial charge in [-0.25, -0.2) is 9.97 Å². The molecular weight excluding hydrogens is 496 g/mol. The van der Waals surface area contributed by atoms with Crippen molar-refractivity contribution in [3.05, 3.63) is 18.5 Å². The summed E-state index contributed by atoms with van der Waals surface area (Å²) < 4.78 is 17.3. The van der Waals surface area contributed by atoms with Crippen molar-refractivity contribution >= 4 is 11.8 Å². The summed E-state index contributed by atoms with van der Waals surface area (Å²) in [6.45, 7) is 14.2. The van der Waals surface area contributed by atoms with Crippen LogP contribution in [0.2, 0.25) is 0 Å². The van der Waals surface area contributed by atoms with Crippen LogP contribution in [0.3, 0.4) is 0 Å². The summed E-state index contributed by atoms with van der Waals surface area (Å²) in [6.07, 6.45) is 16.6. The minimum Gasteiger partial charge on any atom is -0.457 e. The van der Waals surface area contributed by atoms with E-state index in [9.17, 15) is 0 Å². The standard InChI is InChI=1S/C31H58N2O4S/c1-26(2)10-6-11-27(3)12-7-13-28(4)14-8-15-29(5)16-20-36-24-30(25-38-23-22-35-21-19-34)37-31-32-17-9-18-33-31/h9,17-18,26-30,34H,6-8,10-16,19-25H2,1-5H3. The van der Waals surface area contributed by atoms with Crippen molar-refractivity contribution in [1.82, 2.24) is 9.97 Å². The van der Waals surface area contributed by atoms with Crippen LogP contribution in [0.5, 0.6) is 6.01 Å². The summed E-state index contributed by atoms with van der Waals surface area (Å²) in [6, 6.07) is 2.17. The highest BCUT2D eigenvalue weighted by atomic mass is 32.2. The van der Waals surface area contributed by atoms with E-state index in [0.717, 1.165) is 42.3 Å². The molecule has 0 aliphatic rings. The van der Waals surface area contributed by atoms with Gasteiger partial charge in [-0.2, -0.15) is 11.8 Å². The molecule has 6 nitrogen and oxygen atoms in total. The van der Waals surface area contributed by atoms with Crippen molar-refractivity contribution in [3.8, 4) is 6.01 Å². The molecule has 222 valence electrons. The first-order valence-corrected chi connectivity index (χ1v) is 16.3. The van der Waals surface area contributed by atoms with Crippen molar-refractivity contribution in [2.24, 2.45) is 23.7 Å². The second-order valence-corrected chi connectivity index (χ2v) is 12.7. The van der Waals surface area contributed by atoms with E-state index in [1.165, 1.54) is 57.8 Å². The van der Waals surface area contributed by atoms with Crippen LogP contribution < -0.4 is 4.74 Å². The van der Waals surface area contributed by atoms with Gasteiger partial charge in [-0.1, -0.05) is 92.4 Å². The summed E-state index contributed by atoms with van der Waals surface area (Å²) in [7, 11) is 0. The molecule has 0 spiro atoms. The predicted octanol–water partition coefficient (Wildman–Crippen LogP) is 7.45. The molecule has 7 heteroatoms. The van der Waals surface area contributed by atoms with Gasteiger partial charge in [-0.3, -0.25) is 0 Å². The van der Waals surface area contributed by atoms with Crippen LogP contribution in [0.15, 0.2) is 18.5 Å². The Morgan fingerprint density at radius 1 is 0.737 bits per heavy atom. The fourth-order valence-corrected chi connectivity index (χ4v) is 5.38. The lowest BCUT2D eigenvalue weighted by molar-refractivity contribution is 0.0498. The van der Waals surface area contributed by atoms with Gasteiger partial charge in [0.1, 0.15) is 6.10 Å². The van der Waals surface area contributed by atoms with Crippen LogP contribution in [-0.2, 0) is 9.47 Å².